The molecule has 1 aliphatic rings. The molecule has 0 spiro atoms. The highest BCUT2D eigenvalue weighted by atomic mass is 32.1. The second kappa shape index (κ2) is 2.66. The summed E-state index contributed by atoms with van der Waals surface area (Å²) in [6.45, 7) is 9.06. The highest BCUT2D eigenvalue weighted by molar-refractivity contribution is 7.81. The van der Waals surface area contributed by atoms with E-state index in [2.05, 4.69) is 52.0 Å². The fourth-order valence-electron chi connectivity index (χ4n) is 2.18. The lowest BCUT2D eigenvalue weighted by Crippen LogP contribution is -2.35. The van der Waals surface area contributed by atoms with Crippen molar-refractivity contribution < 1.29 is 0 Å². The third-order valence-corrected chi connectivity index (χ3v) is 4.71. The smallest absolute Gasteiger partial charge is 0.0292 e. The van der Waals surface area contributed by atoms with Gasteiger partial charge in [-0.3, -0.25) is 0 Å². The monoisotopic (exact) mass is 204 g/mol. The molecule has 0 amide bonds. The van der Waals surface area contributed by atoms with Crippen molar-refractivity contribution in [2.45, 2.75) is 33.1 Å². The van der Waals surface area contributed by atoms with Crippen LogP contribution in [0.1, 0.15) is 38.8 Å². The maximum atomic E-state index is 5.56. The first-order chi connectivity index (χ1) is 6.39. The van der Waals surface area contributed by atoms with Crippen molar-refractivity contribution in [2.24, 2.45) is 5.41 Å². The molecule has 0 bridgehead atoms. The summed E-state index contributed by atoms with van der Waals surface area (Å²) in [6.07, 6.45) is 0. The Labute approximate surface area is 91.3 Å². The molecule has 1 aromatic carbocycles. The van der Waals surface area contributed by atoms with Crippen LogP contribution in [0.3, 0.4) is 0 Å². The van der Waals surface area contributed by atoms with E-state index in [1.54, 1.807) is 0 Å². The van der Waals surface area contributed by atoms with E-state index >= 15 is 0 Å². The Morgan fingerprint density at radius 3 is 2.07 bits per heavy atom. The molecule has 1 heteroatoms. The second-order valence-corrected chi connectivity index (χ2v) is 5.53. The maximum absolute atomic E-state index is 5.56. The second-order valence-electron chi connectivity index (χ2n) is 5.12. The van der Waals surface area contributed by atoms with Crippen LogP contribution in [-0.4, -0.2) is 4.86 Å². The van der Waals surface area contributed by atoms with Crippen LogP contribution in [0.25, 0.3) is 0 Å². The lowest BCUT2D eigenvalue weighted by atomic mass is 9.68. The lowest BCUT2D eigenvalue weighted by Gasteiger charge is -2.35. The first kappa shape index (κ1) is 9.85. The molecule has 0 atom stereocenters. The van der Waals surface area contributed by atoms with Crippen LogP contribution in [0, 0.1) is 5.41 Å². The van der Waals surface area contributed by atoms with Crippen LogP contribution < -0.4 is 0 Å². The Kier molecular flexibility index (Phi) is 1.87. The van der Waals surface area contributed by atoms with E-state index in [9.17, 15) is 0 Å². The molecule has 0 saturated carbocycles. The summed E-state index contributed by atoms with van der Waals surface area (Å²) >= 11 is 5.56. The number of rotatable bonds is 0. The molecule has 1 aromatic rings. The van der Waals surface area contributed by atoms with Crippen molar-refractivity contribution in [3.63, 3.8) is 0 Å². The SMILES string of the molecule is CC1(C)C(=S)c2ccccc2C1(C)C. The van der Waals surface area contributed by atoms with Crippen LogP contribution in [0.4, 0.5) is 0 Å². The minimum Gasteiger partial charge on any atom is -0.0836 e. The normalized spacial score (nSPS) is 22.1. The van der Waals surface area contributed by atoms with Crippen LogP contribution in [-0.2, 0) is 5.41 Å². The lowest BCUT2D eigenvalue weighted by molar-refractivity contribution is 0.315. The van der Waals surface area contributed by atoms with Crippen LogP contribution in [0.2, 0.25) is 0 Å². The van der Waals surface area contributed by atoms with Gasteiger partial charge in [0.05, 0.1) is 0 Å². The van der Waals surface area contributed by atoms with Crippen molar-refractivity contribution >= 4 is 17.1 Å². The number of fused-ring (bicyclic) bond motifs is 1. The van der Waals surface area contributed by atoms with E-state index in [0.29, 0.717) is 0 Å². The first-order valence-electron chi connectivity index (χ1n) is 5.03. The summed E-state index contributed by atoms with van der Waals surface area (Å²) in [7, 11) is 0. The minimum atomic E-state index is 0.0893. The number of thiocarbonyl (C=S) groups is 1. The summed E-state index contributed by atoms with van der Waals surface area (Å²) in [5.41, 5.74) is 2.92. The van der Waals surface area contributed by atoms with E-state index in [4.69, 9.17) is 12.2 Å². The van der Waals surface area contributed by atoms with Gasteiger partial charge in [0.25, 0.3) is 0 Å². The fourth-order valence-corrected chi connectivity index (χ4v) is 2.62. The zero-order valence-electron chi connectivity index (χ0n) is 9.22. The van der Waals surface area contributed by atoms with Gasteiger partial charge < -0.3 is 0 Å². The van der Waals surface area contributed by atoms with Gasteiger partial charge in [0.2, 0.25) is 0 Å². The molecule has 0 saturated heterocycles. The van der Waals surface area contributed by atoms with Crippen LogP contribution in [0.5, 0.6) is 0 Å². The topological polar surface area (TPSA) is 0 Å². The molecule has 0 unspecified atom stereocenters. The minimum absolute atomic E-state index is 0.0893. The summed E-state index contributed by atoms with van der Waals surface area (Å²) in [6, 6.07) is 8.53. The number of hydrogen-bond acceptors (Lipinski definition) is 1. The molecule has 0 N–H and O–H groups in total. The molecule has 14 heavy (non-hydrogen) atoms. The van der Waals surface area contributed by atoms with Gasteiger partial charge in [0.15, 0.2) is 0 Å². The number of benzene rings is 1. The van der Waals surface area contributed by atoms with Gasteiger partial charge >= 0.3 is 0 Å². The molecule has 1 aliphatic carbocycles. The molecule has 0 heterocycles. The quantitative estimate of drug-likeness (QED) is 0.580. The van der Waals surface area contributed by atoms with Crippen molar-refractivity contribution in [3.05, 3.63) is 35.4 Å². The Morgan fingerprint density at radius 2 is 1.50 bits per heavy atom. The molecular formula is C13H16S. The summed E-state index contributed by atoms with van der Waals surface area (Å²) in [5.74, 6) is 0. The van der Waals surface area contributed by atoms with Gasteiger partial charge in [-0.25, -0.2) is 0 Å². The van der Waals surface area contributed by atoms with Crippen LogP contribution >= 0.6 is 12.2 Å². The van der Waals surface area contributed by atoms with Gasteiger partial charge in [0.1, 0.15) is 0 Å². The standard InChI is InChI=1S/C13H16S/c1-12(2)10-8-6-5-7-9(10)11(14)13(12,3)4/h5-8H,1-4H3. The first-order valence-corrected chi connectivity index (χ1v) is 5.44. The van der Waals surface area contributed by atoms with Gasteiger partial charge in [-0.2, -0.15) is 0 Å². The summed E-state index contributed by atoms with van der Waals surface area (Å²) < 4.78 is 0. The molecular weight excluding hydrogens is 188 g/mol. The van der Waals surface area contributed by atoms with E-state index in [1.807, 2.05) is 0 Å². The zero-order chi connectivity index (χ0) is 10.6. The van der Waals surface area contributed by atoms with Crippen molar-refractivity contribution in [1.29, 1.82) is 0 Å². The zero-order valence-corrected chi connectivity index (χ0v) is 10.0. The fraction of sp³-hybridized carbons (Fsp3) is 0.462. The Bertz CT molecular complexity index is 399. The molecule has 2 rings (SSSR count). The third-order valence-electron chi connectivity index (χ3n) is 3.98. The molecule has 0 nitrogen and oxygen atoms in total. The van der Waals surface area contributed by atoms with E-state index in [1.165, 1.54) is 11.1 Å². The van der Waals surface area contributed by atoms with Gasteiger partial charge in [0, 0.05) is 15.7 Å². The Hall–Kier alpha value is -0.690. The van der Waals surface area contributed by atoms with Gasteiger partial charge in [-0.1, -0.05) is 64.2 Å². The average molecular weight is 204 g/mol. The summed E-state index contributed by atoms with van der Waals surface area (Å²) in [5, 5.41) is 0. The maximum Gasteiger partial charge on any atom is 0.0292 e. The molecule has 0 aromatic heterocycles. The van der Waals surface area contributed by atoms with Crippen molar-refractivity contribution in [1.82, 2.24) is 0 Å². The van der Waals surface area contributed by atoms with Crippen LogP contribution in [0.15, 0.2) is 24.3 Å². The van der Waals surface area contributed by atoms with E-state index in [0.717, 1.165) is 4.86 Å². The average Bonchev–Trinajstić information content (AvgIpc) is 2.27. The highest BCUT2D eigenvalue weighted by Gasteiger charge is 2.48. The van der Waals surface area contributed by atoms with Gasteiger partial charge in [-0.15, -0.1) is 0 Å². The van der Waals surface area contributed by atoms with E-state index < -0.39 is 0 Å². The van der Waals surface area contributed by atoms with Gasteiger partial charge in [-0.05, 0) is 11.1 Å². The predicted molar refractivity (Wildman–Crippen MR) is 64.9 cm³/mol. The number of hydrogen-bond donors (Lipinski definition) is 0. The largest absolute Gasteiger partial charge is 0.0836 e. The molecule has 0 radical (unpaired) electrons. The summed E-state index contributed by atoms with van der Waals surface area (Å²) in [4.78, 5) is 1.11. The molecule has 0 aliphatic heterocycles. The third kappa shape index (κ3) is 0.964. The Balaban J connectivity index is 2.74. The molecule has 74 valence electrons. The van der Waals surface area contributed by atoms with E-state index in [-0.39, 0.29) is 10.8 Å². The predicted octanol–water partition coefficient (Wildman–Crippen LogP) is 3.72. The molecule has 0 fully saturated rings. The Morgan fingerprint density at radius 1 is 0.929 bits per heavy atom. The highest BCUT2D eigenvalue weighted by Crippen LogP contribution is 2.51. The van der Waals surface area contributed by atoms with Crippen molar-refractivity contribution in [2.75, 3.05) is 0 Å². The van der Waals surface area contributed by atoms with Crippen molar-refractivity contribution in [3.8, 4) is 0 Å².